The van der Waals surface area contributed by atoms with Gasteiger partial charge in [0.2, 0.25) is 0 Å². The van der Waals surface area contributed by atoms with E-state index in [1.54, 1.807) is 0 Å². The van der Waals surface area contributed by atoms with Gasteiger partial charge in [0.25, 0.3) is 0 Å². The van der Waals surface area contributed by atoms with Gasteiger partial charge in [0.15, 0.2) is 0 Å². The van der Waals surface area contributed by atoms with E-state index in [1.807, 2.05) is 0 Å². The first kappa shape index (κ1) is 22.9. The summed E-state index contributed by atoms with van der Waals surface area (Å²) in [6.07, 6.45) is 0. The van der Waals surface area contributed by atoms with Crippen molar-refractivity contribution >= 4 is 46.7 Å². The summed E-state index contributed by atoms with van der Waals surface area (Å²) in [4.78, 5) is 0. The van der Waals surface area contributed by atoms with Crippen LogP contribution in [0.2, 0.25) is 0 Å². The average Bonchev–Trinajstić information content (AvgIpc) is 3.25. The van der Waals surface area contributed by atoms with Crippen molar-refractivity contribution in [1.29, 1.82) is 0 Å². The van der Waals surface area contributed by atoms with Crippen LogP contribution in [0.3, 0.4) is 0 Å². The third-order valence-corrected chi connectivity index (χ3v) is 17.5. The Morgan fingerprint density at radius 3 is 0.944 bits per heavy atom. The summed E-state index contributed by atoms with van der Waals surface area (Å²) in [5.74, 6) is 0. The summed E-state index contributed by atoms with van der Waals surface area (Å²) in [5, 5.41) is 0. The van der Waals surface area contributed by atoms with E-state index >= 15 is 0 Å². The van der Waals surface area contributed by atoms with E-state index in [4.69, 9.17) is 10.0 Å². The van der Waals surface area contributed by atoms with Crippen molar-refractivity contribution in [3.63, 3.8) is 0 Å². The predicted octanol–water partition coefficient (Wildman–Crippen LogP) is 8.39. The van der Waals surface area contributed by atoms with E-state index in [2.05, 4.69) is 152 Å². The van der Waals surface area contributed by atoms with Crippen LogP contribution in [0.4, 0.5) is 0 Å². The minimum atomic E-state index is -3.69. The van der Waals surface area contributed by atoms with Crippen molar-refractivity contribution in [2.45, 2.75) is 0 Å². The molecule has 0 amide bonds. The molecule has 1 aliphatic heterocycles. The Labute approximate surface area is 219 Å². The van der Waals surface area contributed by atoms with Gasteiger partial charge < -0.3 is 0 Å². The van der Waals surface area contributed by atoms with E-state index in [-0.39, 0.29) is 0 Å². The monoisotopic (exact) mass is 542 g/mol. The molecule has 0 saturated carbocycles. The standard InChI is InChI=1S/C34H25ClGe/c35-36(30-24-14-5-15-25-30)33(28-20-10-3-11-21-28)31(26-16-6-1-7-17-26)32(27-18-8-2-9-19-27)34(36)29-22-12-4-13-23-29/h1-25H. The van der Waals surface area contributed by atoms with E-state index < -0.39 is 12.3 Å². The van der Waals surface area contributed by atoms with Gasteiger partial charge in [-0.1, -0.05) is 0 Å². The van der Waals surface area contributed by atoms with Gasteiger partial charge in [-0.05, 0) is 0 Å². The number of halogens is 1. The number of hydrogen-bond donors (Lipinski definition) is 0. The molecule has 0 unspecified atom stereocenters. The number of benzene rings is 5. The molecule has 0 saturated heterocycles. The van der Waals surface area contributed by atoms with Gasteiger partial charge in [0.1, 0.15) is 0 Å². The van der Waals surface area contributed by atoms with Gasteiger partial charge >= 0.3 is 221 Å². The molecule has 0 N–H and O–H groups in total. The summed E-state index contributed by atoms with van der Waals surface area (Å²) < 4.78 is 3.84. The first-order chi connectivity index (χ1) is 17.8. The zero-order valence-electron chi connectivity index (χ0n) is 19.8. The second-order valence-electron chi connectivity index (χ2n) is 8.99. The zero-order chi connectivity index (χ0) is 24.4. The van der Waals surface area contributed by atoms with Crippen molar-refractivity contribution in [2.24, 2.45) is 0 Å². The topological polar surface area (TPSA) is 0 Å². The van der Waals surface area contributed by atoms with E-state index in [9.17, 15) is 0 Å². The molecular formula is C34H25ClGe. The Morgan fingerprint density at radius 1 is 0.333 bits per heavy atom. The Hall–Kier alpha value is -3.59. The first-order valence-electron chi connectivity index (χ1n) is 12.2. The number of rotatable bonds is 5. The third-order valence-electron chi connectivity index (χ3n) is 6.86. The normalized spacial score (nSPS) is 14.8. The molecule has 0 aliphatic carbocycles. The molecule has 2 heteroatoms. The van der Waals surface area contributed by atoms with Crippen molar-refractivity contribution in [1.82, 2.24) is 0 Å². The molecule has 5 aromatic carbocycles. The van der Waals surface area contributed by atoms with Crippen LogP contribution >= 0.6 is 10.0 Å². The predicted molar refractivity (Wildman–Crippen MR) is 157 cm³/mol. The minimum absolute atomic E-state index is 1.20. The fraction of sp³-hybridized carbons (Fsp3) is 0. The molecule has 0 atom stereocenters. The molecule has 0 radical (unpaired) electrons. The fourth-order valence-electron chi connectivity index (χ4n) is 5.36. The summed E-state index contributed by atoms with van der Waals surface area (Å²) in [6, 6.07) is 53.9. The fourth-order valence-corrected chi connectivity index (χ4v) is 16.2. The molecule has 0 spiro atoms. The van der Waals surface area contributed by atoms with E-state index in [0.717, 1.165) is 0 Å². The van der Waals surface area contributed by atoms with Crippen molar-refractivity contribution in [3.05, 3.63) is 174 Å². The van der Waals surface area contributed by atoms with Crippen molar-refractivity contribution in [2.75, 3.05) is 0 Å². The molecule has 0 bridgehead atoms. The van der Waals surface area contributed by atoms with Crippen LogP contribution in [0.1, 0.15) is 22.3 Å². The Bertz CT molecular complexity index is 1440. The van der Waals surface area contributed by atoms with Crippen LogP contribution in [0.5, 0.6) is 0 Å². The third kappa shape index (κ3) is 3.87. The van der Waals surface area contributed by atoms with Gasteiger partial charge in [-0.3, -0.25) is 0 Å². The molecule has 5 aromatic rings. The van der Waals surface area contributed by atoms with E-state index in [0.29, 0.717) is 0 Å². The molecule has 1 aliphatic rings. The second-order valence-corrected chi connectivity index (χ2v) is 18.0. The average molecular weight is 542 g/mol. The molecule has 6 rings (SSSR count). The Kier molecular flexibility index (Phi) is 6.23. The molecule has 1 heterocycles. The van der Waals surface area contributed by atoms with Crippen molar-refractivity contribution in [3.8, 4) is 0 Å². The molecule has 172 valence electrons. The van der Waals surface area contributed by atoms with Gasteiger partial charge in [0, 0.05) is 0 Å². The molecular weight excluding hydrogens is 516 g/mol. The molecule has 0 fully saturated rings. The van der Waals surface area contributed by atoms with E-state index in [1.165, 1.54) is 46.6 Å². The molecule has 0 aromatic heterocycles. The summed E-state index contributed by atoms with van der Waals surface area (Å²) >= 11 is -3.69. The van der Waals surface area contributed by atoms with Gasteiger partial charge in [-0.15, -0.1) is 0 Å². The first-order valence-corrected chi connectivity index (χ1v) is 18.1. The van der Waals surface area contributed by atoms with Crippen LogP contribution in [0.25, 0.3) is 20.0 Å². The summed E-state index contributed by atoms with van der Waals surface area (Å²) in [6.45, 7) is 0. The van der Waals surface area contributed by atoms with Crippen molar-refractivity contribution < 1.29 is 0 Å². The van der Waals surface area contributed by atoms with Crippen LogP contribution in [0, 0.1) is 0 Å². The molecule has 36 heavy (non-hydrogen) atoms. The quantitative estimate of drug-likeness (QED) is 0.196. The van der Waals surface area contributed by atoms with Gasteiger partial charge in [-0.2, -0.15) is 0 Å². The Balaban J connectivity index is 1.82. The summed E-state index contributed by atoms with van der Waals surface area (Å²) in [7, 11) is 8.26. The second kappa shape index (κ2) is 9.81. The Morgan fingerprint density at radius 2 is 0.611 bits per heavy atom. The number of allylic oxidation sites excluding steroid dienone is 2. The van der Waals surface area contributed by atoms with Gasteiger partial charge in [0.05, 0.1) is 0 Å². The number of hydrogen-bond acceptors (Lipinski definition) is 0. The van der Waals surface area contributed by atoms with Crippen LogP contribution < -0.4 is 4.40 Å². The zero-order valence-corrected chi connectivity index (χ0v) is 22.7. The SMILES string of the molecule is [Cl][Ge]1([c]2ccccc2)[C](c2ccccc2)=C(c2ccccc2)C(c2ccccc2)=[C]1c1ccccc1. The summed E-state index contributed by atoms with van der Waals surface area (Å²) in [5.41, 5.74) is 7.32. The van der Waals surface area contributed by atoms with Gasteiger partial charge in [-0.25, -0.2) is 0 Å². The van der Waals surface area contributed by atoms with Crippen LogP contribution in [-0.2, 0) is 0 Å². The molecule has 0 nitrogen and oxygen atoms in total. The maximum atomic E-state index is 8.26. The van der Waals surface area contributed by atoms with Crippen LogP contribution in [0.15, 0.2) is 152 Å². The maximum absolute atomic E-state index is 8.26. The van der Waals surface area contributed by atoms with Crippen LogP contribution in [-0.4, -0.2) is 12.3 Å².